The summed E-state index contributed by atoms with van der Waals surface area (Å²) < 4.78 is 38.1. The van der Waals surface area contributed by atoms with Gasteiger partial charge in [0.1, 0.15) is 11.6 Å². The van der Waals surface area contributed by atoms with Crippen LogP contribution in [-0.4, -0.2) is 30.2 Å². The van der Waals surface area contributed by atoms with Crippen LogP contribution in [0.3, 0.4) is 0 Å². The number of rotatable bonds is 1. The maximum atomic E-state index is 13.8. The Balaban J connectivity index is 1.81. The van der Waals surface area contributed by atoms with Gasteiger partial charge in [0.15, 0.2) is 5.79 Å². The highest BCUT2D eigenvalue weighted by Crippen LogP contribution is 2.43. The van der Waals surface area contributed by atoms with Crippen molar-refractivity contribution >= 4 is 0 Å². The fraction of sp³-hybridized carbons (Fsp3) is 0.571. The summed E-state index contributed by atoms with van der Waals surface area (Å²) in [6.07, 6.45) is 0.614. The van der Waals surface area contributed by atoms with Crippen LogP contribution in [0.1, 0.15) is 30.7 Å². The van der Waals surface area contributed by atoms with Crippen LogP contribution in [0, 0.1) is 11.6 Å². The van der Waals surface area contributed by atoms with E-state index < -0.39 is 29.4 Å². The molecule has 1 saturated heterocycles. The summed E-state index contributed by atoms with van der Waals surface area (Å²) >= 11 is 0. The molecule has 3 nitrogen and oxygen atoms in total. The lowest BCUT2D eigenvalue weighted by Gasteiger charge is -2.39. The maximum Gasteiger partial charge on any atom is 0.171 e. The summed E-state index contributed by atoms with van der Waals surface area (Å²) in [4.78, 5) is 0. The molecule has 2 atom stereocenters. The first kappa shape index (κ1) is 13.0. The van der Waals surface area contributed by atoms with Crippen molar-refractivity contribution in [3.8, 4) is 0 Å². The van der Waals surface area contributed by atoms with Crippen LogP contribution in [0.15, 0.2) is 18.2 Å². The molecule has 2 aliphatic rings. The molecule has 0 amide bonds. The average Bonchev–Trinajstić information content (AvgIpc) is 2.81. The summed E-state index contributed by atoms with van der Waals surface area (Å²) in [5.74, 6) is -2.10. The van der Waals surface area contributed by atoms with Crippen molar-refractivity contribution in [1.29, 1.82) is 0 Å². The first-order valence-electron chi connectivity index (χ1n) is 6.51. The number of hydrogen-bond donors (Lipinski definition) is 1. The van der Waals surface area contributed by atoms with Gasteiger partial charge in [-0.2, -0.15) is 0 Å². The predicted octanol–water partition coefficient (Wildman–Crippen LogP) is 2.34. The molecular weight excluding hydrogens is 254 g/mol. The Bertz CT molecular complexity index is 472. The van der Waals surface area contributed by atoms with E-state index in [4.69, 9.17) is 9.47 Å². The minimum Gasteiger partial charge on any atom is -0.392 e. The second kappa shape index (κ2) is 4.81. The molecule has 1 aliphatic heterocycles. The van der Waals surface area contributed by atoms with E-state index >= 15 is 0 Å². The monoisotopic (exact) mass is 270 g/mol. The van der Waals surface area contributed by atoms with Crippen molar-refractivity contribution in [1.82, 2.24) is 0 Å². The van der Waals surface area contributed by atoms with Crippen LogP contribution < -0.4 is 0 Å². The number of benzene rings is 1. The molecule has 1 aliphatic carbocycles. The number of ether oxygens (including phenoxy) is 2. The minimum atomic E-state index is -0.789. The topological polar surface area (TPSA) is 38.7 Å². The average molecular weight is 270 g/mol. The lowest BCUT2D eigenvalue weighted by molar-refractivity contribution is -0.199. The second-order valence-corrected chi connectivity index (χ2v) is 5.19. The van der Waals surface area contributed by atoms with Gasteiger partial charge >= 0.3 is 0 Å². The van der Waals surface area contributed by atoms with E-state index in [0.717, 1.165) is 18.2 Å². The molecule has 0 aromatic heterocycles. The standard InChI is InChI=1S/C14H16F2O3/c15-9-1-2-12(16)11(7-9)10-3-4-14(8-13(10)17)18-5-6-19-14/h1-2,7,10,13,17H,3-6,8H2/t10-,13-/m0/s1. The molecule has 1 N–H and O–H groups in total. The van der Waals surface area contributed by atoms with E-state index in [1.807, 2.05) is 0 Å². The van der Waals surface area contributed by atoms with Gasteiger partial charge in [-0.3, -0.25) is 0 Å². The van der Waals surface area contributed by atoms with Crippen LogP contribution in [0.4, 0.5) is 8.78 Å². The highest BCUT2D eigenvalue weighted by molar-refractivity contribution is 5.25. The van der Waals surface area contributed by atoms with Gasteiger partial charge in [-0.15, -0.1) is 0 Å². The third-order valence-electron chi connectivity index (χ3n) is 3.99. The van der Waals surface area contributed by atoms with Gasteiger partial charge < -0.3 is 14.6 Å². The van der Waals surface area contributed by atoms with Crippen LogP contribution in [-0.2, 0) is 9.47 Å². The molecule has 1 saturated carbocycles. The number of aliphatic hydroxyl groups excluding tert-OH is 1. The van der Waals surface area contributed by atoms with Crippen LogP contribution >= 0.6 is 0 Å². The molecule has 1 aromatic rings. The van der Waals surface area contributed by atoms with E-state index in [0.29, 0.717) is 32.5 Å². The smallest absolute Gasteiger partial charge is 0.171 e. The minimum absolute atomic E-state index is 0.236. The molecule has 1 aromatic carbocycles. The van der Waals surface area contributed by atoms with Gasteiger partial charge in [0.25, 0.3) is 0 Å². The fourth-order valence-corrected chi connectivity index (χ4v) is 3.05. The molecule has 3 rings (SSSR count). The fourth-order valence-electron chi connectivity index (χ4n) is 3.05. The molecule has 19 heavy (non-hydrogen) atoms. The summed E-state index contributed by atoms with van der Waals surface area (Å²) in [5.41, 5.74) is 0.236. The van der Waals surface area contributed by atoms with E-state index in [1.54, 1.807) is 0 Å². The molecule has 0 bridgehead atoms. The third kappa shape index (κ3) is 2.38. The lowest BCUT2D eigenvalue weighted by atomic mass is 9.78. The first-order valence-corrected chi connectivity index (χ1v) is 6.51. The quantitative estimate of drug-likeness (QED) is 0.851. The van der Waals surface area contributed by atoms with Crippen molar-refractivity contribution in [2.24, 2.45) is 0 Å². The summed E-state index contributed by atoms with van der Waals surface area (Å²) in [6.45, 7) is 1.04. The van der Waals surface area contributed by atoms with Gasteiger partial charge in [0.2, 0.25) is 0 Å². The zero-order chi connectivity index (χ0) is 13.5. The van der Waals surface area contributed by atoms with Crippen LogP contribution in [0.2, 0.25) is 0 Å². The number of hydrogen-bond acceptors (Lipinski definition) is 3. The van der Waals surface area contributed by atoms with E-state index in [-0.39, 0.29) is 5.56 Å². The maximum absolute atomic E-state index is 13.8. The second-order valence-electron chi connectivity index (χ2n) is 5.19. The molecule has 2 fully saturated rings. The highest BCUT2D eigenvalue weighted by Gasteiger charge is 2.45. The van der Waals surface area contributed by atoms with Crippen molar-refractivity contribution in [3.63, 3.8) is 0 Å². The Morgan fingerprint density at radius 3 is 2.63 bits per heavy atom. The summed E-state index contributed by atoms with van der Waals surface area (Å²) in [6, 6.07) is 3.35. The van der Waals surface area contributed by atoms with Crippen molar-refractivity contribution < 1.29 is 23.4 Å². The van der Waals surface area contributed by atoms with Gasteiger partial charge in [-0.05, 0) is 30.2 Å². The Morgan fingerprint density at radius 2 is 1.95 bits per heavy atom. The summed E-state index contributed by atoms with van der Waals surface area (Å²) in [5, 5.41) is 10.2. The largest absolute Gasteiger partial charge is 0.392 e. The molecule has 1 spiro atoms. The number of halogens is 2. The van der Waals surface area contributed by atoms with Crippen molar-refractivity contribution in [2.45, 2.75) is 37.1 Å². The molecular formula is C14H16F2O3. The summed E-state index contributed by atoms with van der Waals surface area (Å²) in [7, 11) is 0. The van der Waals surface area contributed by atoms with Crippen LogP contribution in [0.5, 0.6) is 0 Å². The molecule has 1 heterocycles. The van der Waals surface area contributed by atoms with E-state index in [1.165, 1.54) is 0 Å². The Labute approximate surface area is 110 Å². The van der Waals surface area contributed by atoms with Crippen LogP contribution in [0.25, 0.3) is 0 Å². The van der Waals surface area contributed by atoms with Gasteiger partial charge in [-0.25, -0.2) is 8.78 Å². The zero-order valence-corrected chi connectivity index (χ0v) is 10.4. The molecule has 0 unspecified atom stereocenters. The Kier molecular flexibility index (Phi) is 3.28. The SMILES string of the molecule is O[C@H]1CC2(CC[C@H]1c1cc(F)ccc1F)OCCO2. The number of aliphatic hydroxyl groups is 1. The lowest BCUT2D eigenvalue weighted by Crippen LogP contribution is -2.42. The molecule has 5 heteroatoms. The zero-order valence-electron chi connectivity index (χ0n) is 10.4. The van der Waals surface area contributed by atoms with E-state index in [9.17, 15) is 13.9 Å². The van der Waals surface area contributed by atoms with Crippen molar-refractivity contribution in [3.05, 3.63) is 35.4 Å². The first-order chi connectivity index (χ1) is 9.10. The molecule has 104 valence electrons. The molecule has 0 radical (unpaired) electrons. The van der Waals surface area contributed by atoms with Gasteiger partial charge in [0, 0.05) is 18.8 Å². The normalized spacial score (nSPS) is 29.8. The Morgan fingerprint density at radius 1 is 1.21 bits per heavy atom. The van der Waals surface area contributed by atoms with Gasteiger partial charge in [-0.1, -0.05) is 0 Å². The van der Waals surface area contributed by atoms with E-state index in [2.05, 4.69) is 0 Å². The van der Waals surface area contributed by atoms with Gasteiger partial charge in [0.05, 0.1) is 19.3 Å². The highest BCUT2D eigenvalue weighted by atomic mass is 19.1. The predicted molar refractivity (Wildman–Crippen MR) is 63.6 cm³/mol. The Hall–Kier alpha value is -1.04. The van der Waals surface area contributed by atoms with Crippen molar-refractivity contribution in [2.75, 3.05) is 13.2 Å². The third-order valence-corrected chi connectivity index (χ3v) is 3.99.